The van der Waals surface area contributed by atoms with E-state index in [1.165, 1.54) is 6.42 Å². The molecule has 1 aromatic carbocycles. The summed E-state index contributed by atoms with van der Waals surface area (Å²) in [6, 6.07) is 7.82. The van der Waals surface area contributed by atoms with E-state index < -0.39 is 6.10 Å². The average Bonchev–Trinajstić information content (AvgIpc) is 3.07. The maximum absolute atomic E-state index is 10.3. The Hall–Kier alpha value is -1.92. The van der Waals surface area contributed by atoms with E-state index in [-0.39, 0.29) is 12.1 Å². The van der Waals surface area contributed by atoms with Gasteiger partial charge in [0.25, 0.3) is 0 Å². The van der Waals surface area contributed by atoms with Crippen molar-refractivity contribution in [3.05, 3.63) is 41.5 Å². The number of aromatic nitrogens is 2. The normalized spacial score (nSPS) is 18.0. The van der Waals surface area contributed by atoms with Crippen LogP contribution in [0.25, 0.3) is 0 Å². The van der Waals surface area contributed by atoms with E-state index in [9.17, 15) is 5.11 Å². The molecular formula is C19H27N3O3. The number of ether oxygens (including phenoxy) is 1. The van der Waals surface area contributed by atoms with Crippen LogP contribution in [0, 0.1) is 13.8 Å². The zero-order chi connectivity index (χ0) is 17.7. The molecule has 136 valence electrons. The summed E-state index contributed by atoms with van der Waals surface area (Å²) in [7, 11) is 0. The largest absolute Gasteiger partial charge is 0.491 e. The van der Waals surface area contributed by atoms with Gasteiger partial charge in [0.2, 0.25) is 5.89 Å². The minimum atomic E-state index is -0.605. The van der Waals surface area contributed by atoms with Crippen molar-refractivity contribution in [2.24, 2.45) is 0 Å². The van der Waals surface area contributed by atoms with Gasteiger partial charge in [0.05, 0.1) is 5.54 Å². The number of aliphatic hydroxyl groups is 1. The zero-order valence-electron chi connectivity index (χ0n) is 15.0. The minimum absolute atomic E-state index is 0.249. The van der Waals surface area contributed by atoms with Gasteiger partial charge >= 0.3 is 0 Å². The lowest BCUT2D eigenvalue weighted by Gasteiger charge is -2.36. The van der Waals surface area contributed by atoms with Crippen molar-refractivity contribution >= 4 is 0 Å². The fourth-order valence-corrected chi connectivity index (χ4v) is 3.40. The van der Waals surface area contributed by atoms with Gasteiger partial charge in [-0.2, -0.15) is 4.98 Å². The molecule has 0 saturated heterocycles. The van der Waals surface area contributed by atoms with Crippen molar-refractivity contribution < 1.29 is 14.4 Å². The van der Waals surface area contributed by atoms with Crippen LogP contribution in [0.15, 0.2) is 28.8 Å². The van der Waals surface area contributed by atoms with Gasteiger partial charge < -0.3 is 19.7 Å². The molecule has 1 heterocycles. The van der Waals surface area contributed by atoms with Crippen molar-refractivity contribution in [1.29, 1.82) is 0 Å². The second kappa shape index (κ2) is 7.97. The number of rotatable bonds is 7. The van der Waals surface area contributed by atoms with Crippen LogP contribution >= 0.6 is 0 Å². The van der Waals surface area contributed by atoms with Crippen LogP contribution in [0.4, 0.5) is 0 Å². The molecule has 2 N–H and O–H groups in total. The van der Waals surface area contributed by atoms with Crippen LogP contribution in [0.1, 0.15) is 49.4 Å². The Kier molecular flexibility index (Phi) is 5.71. The first-order valence-electron chi connectivity index (χ1n) is 9.01. The van der Waals surface area contributed by atoms with Gasteiger partial charge in [-0.1, -0.05) is 42.6 Å². The van der Waals surface area contributed by atoms with E-state index in [4.69, 9.17) is 9.26 Å². The topological polar surface area (TPSA) is 80.4 Å². The second-order valence-electron chi connectivity index (χ2n) is 6.89. The van der Waals surface area contributed by atoms with Gasteiger partial charge in [-0.3, -0.25) is 0 Å². The molecule has 0 spiro atoms. The molecule has 1 aliphatic carbocycles. The summed E-state index contributed by atoms with van der Waals surface area (Å²) in [6.07, 6.45) is 4.77. The highest BCUT2D eigenvalue weighted by atomic mass is 16.5. The first kappa shape index (κ1) is 17.9. The third-order valence-corrected chi connectivity index (χ3v) is 4.86. The molecule has 1 aromatic heterocycles. The van der Waals surface area contributed by atoms with Crippen LogP contribution < -0.4 is 10.1 Å². The van der Waals surface area contributed by atoms with Gasteiger partial charge in [0, 0.05) is 13.5 Å². The van der Waals surface area contributed by atoms with Crippen molar-refractivity contribution in [2.45, 2.75) is 57.6 Å². The Morgan fingerprint density at radius 1 is 1.24 bits per heavy atom. The maximum Gasteiger partial charge on any atom is 0.223 e. The van der Waals surface area contributed by atoms with Crippen LogP contribution in [0.5, 0.6) is 5.75 Å². The molecule has 1 aliphatic rings. The van der Waals surface area contributed by atoms with E-state index in [1.807, 2.05) is 31.2 Å². The maximum atomic E-state index is 10.3. The van der Waals surface area contributed by atoms with Crippen LogP contribution in [-0.2, 0) is 5.54 Å². The molecule has 0 aliphatic heterocycles. The quantitative estimate of drug-likeness (QED) is 0.803. The summed E-state index contributed by atoms with van der Waals surface area (Å²) >= 11 is 0. The number of hydrogen-bond donors (Lipinski definition) is 2. The summed E-state index contributed by atoms with van der Waals surface area (Å²) in [5, 5.41) is 18.0. The smallest absolute Gasteiger partial charge is 0.223 e. The second-order valence-corrected chi connectivity index (χ2v) is 6.89. The molecule has 1 saturated carbocycles. The molecule has 1 fully saturated rings. The van der Waals surface area contributed by atoms with Gasteiger partial charge in [-0.05, 0) is 31.4 Å². The molecular weight excluding hydrogens is 318 g/mol. The van der Waals surface area contributed by atoms with Gasteiger partial charge in [0.15, 0.2) is 5.82 Å². The molecule has 25 heavy (non-hydrogen) atoms. The molecule has 2 aromatic rings. The van der Waals surface area contributed by atoms with Crippen molar-refractivity contribution in [3.8, 4) is 5.75 Å². The molecule has 6 heteroatoms. The molecule has 6 nitrogen and oxygen atoms in total. The first-order chi connectivity index (χ1) is 12.1. The first-order valence-corrected chi connectivity index (χ1v) is 9.01. The lowest BCUT2D eigenvalue weighted by Crippen LogP contribution is -2.48. The van der Waals surface area contributed by atoms with Crippen molar-refractivity contribution in [2.75, 3.05) is 13.2 Å². The van der Waals surface area contributed by atoms with Crippen LogP contribution in [-0.4, -0.2) is 34.5 Å². The molecule has 0 bridgehead atoms. The zero-order valence-corrected chi connectivity index (χ0v) is 15.0. The van der Waals surface area contributed by atoms with Gasteiger partial charge in [0.1, 0.15) is 18.5 Å². The summed E-state index contributed by atoms with van der Waals surface area (Å²) in [6.45, 7) is 4.48. The van der Waals surface area contributed by atoms with Gasteiger partial charge in [-0.15, -0.1) is 0 Å². The van der Waals surface area contributed by atoms with E-state index in [2.05, 4.69) is 15.5 Å². The van der Waals surface area contributed by atoms with E-state index in [0.29, 0.717) is 18.3 Å². The fraction of sp³-hybridized carbons (Fsp3) is 0.579. The Morgan fingerprint density at radius 3 is 2.68 bits per heavy atom. The molecule has 0 amide bonds. The Labute approximate surface area is 148 Å². The number of aliphatic hydroxyl groups excluding tert-OH is 1. The van der Waals surface area contributed by atoms with Crippen LogP contribution in [0.2, 0.25) is 0 Å². The molecule has 3 rings (SSSR count). The summed E-state index contributed by atoms with van der Waals surface area (Å²) in [5.41, 5.74) is 0.758. The number of nitrogens with one attached hydrogen (secondary N) is 1. The highest BCUT2D eigenvalue weighted by Gasteiger charge is 2.38. The van der Waals surface area contributed by atoms with E-state index in [1.54, 1.807) is 6.92 Å². The third-order valence-electron chi connectivity index (χ3n) is 4.86. The van der Waals surface area contributed by atoms with Crippen molar-refractivity contribution in [1.82, 2.24) is 15.5 Å². The Morgan fingerprint density at radius 2 is 2.00 bits per heavy atom. The standard InChI is InChI=1S/C19H27N3O3/c1-14-8-4-5-9-17(14)24-13-16(23)12-20-19(10-6-3-7-11-19)18-21-15(2)25-22-18/h4-5,8-9,16,20,23H,3,6-7,10-13H2,1-2H3. The lowest BCUT2D eigenvalue weighted by atomic mass is 9.81. The SMILES string of the molecule is Cc1nc(C2(NCC(O)COc3ccccc3C)CCCCC2)no1. The van der Waals surface area contributed by atoms with E-state index in [0.717, 1.165) is 37.0 Å². The highest BCUT2D eigenvalue weighted by Crippen LogP contribution is 2.35. The monoisotopic (exact) mass is 345 g/mol. The minimum Gasteiger partial charge on any atom is -0.491 e. The number of hydrogen-bond acceptors (Lipinski definition) is 6. The number of para-hydroxylation sites is 1. The predicted molar refractivity (Wildman–Crippen MR) is 94.5 cm³/mol. The Balaban J connectivity index is 1.58. The number of nitrogens with zero attached hydrogens (tertiary/aromatic N) is 2. The number of aryl methyl sites for hydroxylation is 2. The lowest BCUT2D eigenvalue weighted by molar-refractivity contribution is 0.0876. The van der Waals surface area contributed by atoms with E-state index >= 15 is 0 Å². The average molecular weight is 345 g/mol. The van der Waals surface area contributed by atoms with Gasteiger partial charge in [-0.25, -0.2) is 0 Å². The number of benzene rings is 1. The fourth-order valence-electron chi connectivity index (χ4n) is 3.40. The Bertz CT molecular complexity index is 680. The summed E-state index contributed by atoms with van der Waals surface area (Å²) in [5.74, 6) is 2.09. The third kappa shape index (κ3) is 4.38. The highest BCUT2D eigenvalue weighted by molar-refractivity contribution is 5.31. The predicted octanol–water partition coefficient (Wildman–Crippen LogP) is 2.88. The van der Waals surface area contributed by atoms with Crippen LogP contribution in [0.3, 0.4) is 0 Å². The molecule has 1 unspecified atom stereocenters. The molecule has 1 atom stereocenters. The summed E-state index contributed by atoms with van der Waals surface area (Å²) < 4.78 is 10.9. The van der Waals surface area contributed by atoms with Crippen molar-refractivity contribution in [3.63, 3.8) is 0 Å². The molecule has 0 radical (unpaired) electrons. The summed E-state index contributed by atoms with van der Waals surface area (Å²) in [4.78, 5) is 4.44.